The zero-order chi connectivity index (χ0) is 8.06. The van der Waals surface area contributed by atoms with Crippen LogP contribution in [0.15, 0.2) is 0 Å². The molecule has 2 heteroatoms. The van der Waals surface area contributed by atoms with Gasteiger partial charge >= 0.3 is 0 Å². The Balaban J connectivity index is 2.12. The lowest BCUT2D eigenvalue weighted by atomic mass is 9.58. The van der Waals surface area contributed by atoms with E-state index in [1.807, 2.05) is 7.11 Å². The second kappa shape index (κ2) is 2.20. The molecule has 0 radical (unpaired) electrons. The number of hydrogen-bond acceptors (Lipinski definition) is 2. The maximum absolute atomic E-state index is 5.48. The van der Waals surface area contributed by atoms with E-state index in [1.165, 1.54) is 13.0 Å². The first-order valence-corrected chi connectivity index (χ1v) is 4.44. The second-order valence-electron chi connectivity index (χ2n) is 4.36. The fourth-order valence-corrected chi connectivity index (χ4v) is 2.95. The van der Waals surface area contributed by atoms with Crippen molar-refractivity contribution in [2.24, 2.45) is 11.3 Å². The van der Waals surface area contributed by atoms with Gasteiger partial charge in [-0.3, -0.25) is 0 Å². The van der Waals surface area contributed by atoms with Gasteiger partial charge in [-0.15, -0.1) is 0 Å². The van der Waals surface area contributed by atoms with Crippen LogP contribution < -0.4 is 5.32 Å². The molecule has 2 fully saturated rings. The third-order valence-corrected chi connectivity index (χ3v) is 3.45. The minimum absolute atomic E-state index is 0.357. The van der Waals surface area contributed by atoms with Gasteiger partial charge in [-0.05, 0) is 13.0 Å². The molecule has 0 aromatic carbocycles. The summed E-state index contributed by atoms with van der Waals surface area (Å²) in [7, 11) is 1.83. The molecule has 1 aliphatic heterocycles. The number of rotatable bonds is 1. The monoisotopic (exact) mass is 155 g/mol. The van der Waals surface area contributed by atoms with Gasteiger partial charge in [0, 0.05) is 24.5 Å². The molecule has 1 saturated heterocycles. The van der Waals surface area contributed by atoms with Crippen molar-refractivity contribution in [1.82, 2.24) is 5.32 Å². The average molecular weight is 155 g/mol. The second-order valence-corrected chi connectivity index (χ2v) is 4.36. The predicted molar refractivity (Wildman–Crippen MR) is 44.5 cm³/mol. The highest BCUT2D eigenvalue weighted by Crippen LogP contribution is 2.50. The third kappa shape index (κ3) is 0.798. The van der Waals surface area contributed by atoms with Gasteiger partial charge in [0.15, 0.2) is 0 Å². The van der Waals surface area contributed by atoms with Crippen molar-refractivity contribution in [2.75, 3.05) is 13.7 Å². The molecule has 1 aliphatic carbocycles. The molecule has 2 rings (SSSR count). The minimum Gasteiger partial charge on any atom is -0.380 e. The number of ether oxygens (including phenoxy) is 1. The van der Waals surface area contributed by atoms with Gasteiger partial charge in [0.1, 0.15) is 0 Å². The summed E-state index contributed by atoms with van der Waals surface area (Å²) in [4.78, 5) is 0. The van der Waals surface area contributed by atoms with E-state index >= 15 is 0 Å². The van der Waals surface area contributed by atoms with Crippen LogP contribution in [0.3, 0.4) is 0 Å². The lowest BCUT2D eigenvalue weighted by Crippen LogP contribution is -2.63. The maximum atomic E-state index is 5.48. The molecule has 0 aromatic heterocycles. The van der Waals surface area contributed by atoms with Crippen molar-refractivity contribution in [3.8, 4) is 0 Å². The van der Waals surface area contributed by atoms with E-state index in [2.05, 4.69) is 19.2 Å². The fourth-order valence-electron chi connectivity index (χ4n) is 2.95. The van der Waals surface area contributed by atoms with Crippen LogP contribution in [0.4, 0.5) is 0 Å². The highest BCUT2D eigenvalue weighted by molar-refractivity contribution is 5.12. The molecular weight excluding hydrogens is 138 g/mol. The average Bonchev–Trinajstić information content (AvgIpc) is 2.34. The Kier molecular flexibility index (Phi) is 1.52. The van der Waals surface area contributed by atoms with Crippen molar-refractivity contribution in [3.63, 3.8) is 0 Å². The molecule has 64 valence electrons. The molecule has 1 heterocycles. The van der Waals surface area contributed by atoms with Gasteiger partial charge in [0.2, 0.25) is 0 Å². The van der Waals surface area contributed by atoms with Gasteiger partial charge < -0.3 is 10.1 Å². The van der Waals surface area contributed by atoms with E-state index in [9.17, 15) is 0 Å². The number of nitrogens with one attached hydrogen (secondary N) is 1. The summed E-state index contributed by atoms with van der Waals surface area (Å²) < 4.78 is 5.48. The minimum atomic E-state index is 0.357. The highest BCUT2D eigenvalue weighted by Gasteiger charge is 2.58. The summed E-state index contributed by atoms with van der Waals surface area (Å²) in [6.07, 6.45) is 1.79. The molecule has 0 bridgehead atoms. The Bertz CT molecular complexity index is 167. The van der Waals surface area contributed by atoms with Crippen LogP contribution in [0.1, 0.15) is 20.3 Å². The van der Waals surface area contributed by atoms with E-state index in [0.29, 0.717) is 17.6 Å². The van der Waals surface area contributed by atoms with Gasteiger partial charge in [0.25, 0.3) is 0 Å². The Morgan fingerprint density at radius 2 is 2.18 bits per heavy atom. The van der Waals surface area contributed by atoms with Gasteiger partial charge in [-0.2, -0.15) is 0 Å². The third-order valence-electron chi connectivity index (χ3n) is 3.45. The van der Waals surface area contributed by atoms with Crippen molar-refractivity contribution in [3.05, 3.63) is 0 Å². The number of methoxy groups -OCH3 is 1. The molecule has 0 spiro atoms. The molecule has 1 N–H and O–H groups in total. The molecule has 0 amide bonds. The first-order valence-electron chi connectivity index (χ1n) is 4.44. The Hall–Kier alpha value is -0.0800. The van der Waals surface area contributed by atoms with E-state index in [0.717, 1.165) is 5.92 Å². The fraction of sp³-hybridized carbons (Fsp3) is 1.00. The topological polar surface area (TPSA) is 21.3 Å². The lowest BCUT2D eigenvalue weighted by Gasteiger charge is -2.54. The predicted octanol–water partition coefficient (Wildman–Crippen LogP) is 1.02. The van der Waals surface area contributed by atoms with Gasteiger partial charge in [0.05, 0.1) is 6.10 Å². The van der Waals surface area contributed by atoms with Crippen LogP contribution in [0.5, 0.6) is 0 Å². The summed E-state index contributed by atoms with van der Waals surface area (Å²) in [6, 6.07) is 0.715. The maximum Gasteiger partial charge on any atom is 0.0680 e. The Morgan fingerprint density at radius 1 is 1.45 bits per heavy atom. The molecule has 1 unspecified atom stereocenters. The summed E-state index contributed by atoms with van der Waals surface area (Å²) in [6.45, 7) is 5.76. The molecule has 1 saturated carbocycles. The molecule has 3 atom stereocenters. The Labute approximate surface area is 68.3 Å². The Morgan fingerprint density at radius 3 is 2.82 bits per heavy atom. The van der Waals surface area contributed by atoms with Crippen LogP contribution in [0.2, 0.25) is 0 Å². The van der Waals surface area contributed by atoms with Crippen LogP contribution >= 0.6 is 0 Å². The summed E-state index contributed by atoms with van der Waals surface area (Å²) in [5.74, 6) is 0.787. The SMILES string of the molecule is COC1[C@@H]2CCN[C@@H]2C1(C)C. The van der Waals surface area contributed by atoms with E-state index in [1.54, 1.807) is 0 Å². The quantitative estimate of drug-likeness (QED) is 0.610. The van der Waals surface area contributed by atoms with E-state index < -0.39 is 0 Å². The molecular formula is C9H17NO. The standard InChI is InChI=1S/C9H17NO/c1-9(2)7-6(4-5-10-7)8(9)11-3/h6-8,10H,4-5H2,1-3H3/t6-,7+,8?/m1/s1. The molecule has 0 aromatic rings. The summed E-state index contributed by atoms with van der Waals surface area (Å²) in [5.41, 5.74) is 0.357. The van der Waals surface area contributed by atoms with Crippen LogP contribution in [-0.2, 0) is 4.74 Å². The van der Waals surface area contributed by atoms with E-state index in [-0.39, 0.29) is 0 Å². The summed E-state index contributed by atoms with van der Waals surface area (Å²) >= 11 is 0. The number of hydrogen-bond donors (Lipinski definition) is 1. The number of fused-ring (bicyclic) bond motifs is 1. The van der Waals surface area contributed by atoms with Crippen LogP contribution in [0.25, 0.3) is 0 Å². The van der Waals surface area contributed by atoms with Gasteiger partial charge in [-0.1, -0.05) is 13.8 Å². The van der Waals surface area contributed by atoms with Crippen molar-refractivity contribution >= 4 is 0 Å². The smallest absolute Gasteiger partial charge is 0.0680 e. The lowest BCUT2D eigenvalue weighted by molar-refractivity contribution is -0.134. The normalized spacial score (nSPS) is 46.6. The summed E-state index contributed by atoms with van der Waals surface area (Å²) in [5, 5.41) is 3.53. The van der Waals surface area contributed by atoms with Crippen LogP contribution in [-0.4, -0.2) is 25.8 Å². The van der Waals surface area contributed by atoms with Crippen LogP contribution in [0, 0.1) is 11.3 Å². The van der Waals surface area contributed by atoms with Crippen molar-refractivity contribution < 1.29 is 4.74 Å². The molecule has 2 aliphatic rings. The first-order chi connectivity index (χ1) is 5.18. The highest BCUT2D eigenvalue weighted by atomic mass is 16.5. The van der Waals surface area contributed by atoms with Crippen molar-refractivity contribution in [1.29, 1.82) is 0 Å². The van der Waals surface area contributed by atoms with Crippen molar-refractivity contribution in [2.45, 2.75) is 32.4 Å². The zero-order valence-electron chi connectivity index (χ0n) is 7.55. The first kappa shape index (κ1) is 7.56. The van der Waals surface area contributed by atoms with E-state index in [4.69, 9.17) is 4.74 Å². The molecule has 11 heavy (non-hydrogen) atoms. The van der Waals surface area contributed by atoms with Gasteiger partial charge in [-0.25, -0.2) is 0 Å². The zero-order valence-corrected chi connectivity index (χ0v) is 7.55. The largest absolute Gasteiger partial charge is 0.380 e. The molecule has 2 nitrogen and oxygen atoms in total.